The maximum Gasteiger partial charge on any atom is 0.411 e. The van der Waals surface area contributed by atoms with E-state index >= 15 is 0 Å². The second-order valence-corrected chi connectivity index (χ2v) is 3.80. The third-order valence-corrected chi connectivity index (χ3v) is 2.19. The third-order valence-electron chi connectivity index (χ3n) is 2.19. The van der Waals surface area contributed by atoms with Crippen LogP contribution in [-0.2, 0) is 4.74 Å². The standard InChI is InChI=1S/C13H17NO3/c1-10-3-5-12(6-4-10)14-13(16)17-8-7-11(2)9-15/h3-7,15H,8-9H2,1-2H3,(H,14,16)/b11-7+. The number of ether oxygens (including phenoxy) is 1. The lowest BCUT2D eigenvalue weighted by Gasteiger charge is -2.05. The Bertz CT molecular complexity index is 396. The van der Waals surface area contributed by atoms with Gasteiger partial charge in [-0.15, -0.1) is 0 Å². The first kappa shape index (κ1) is 13.3. The van der Waals surface area contributed by atoms with Crippen LogP contribution >= 0.6 is 0 Å². The number of amides is 1. The fourth-order valence-electron chi connectivity index (χ4n) is 1.11. The lowest BCUT2D eigenvalue weighted by Crippen LogP contribution is -2.13. The van der Waals surface area contributed by atoms with E-state index in [0.717, 1.165) is 11.1 Å². The van der Waals surface area contributed by atoms with Crippen molar-refractivity contribution < 1.29 is 14.6 Å². The van der Waals surface area contributed by atoms with E-state index in [9.17, 15) is 4.79 Å². The quantitative estimate of drug-likeness (QED) is 0.788. The van der Waals surface area contributed by atoms with Gasteiger partial charge in [-0.25, -0.2) is 4.79 Å². The summed E-state index contributed by atoms with van der Waals surface area (Å²) >= 11 is 0. The molecule has 92 valence electrons. The molecule has 0 aliphatic rings. The monoisotopic (exact) mass is 235 g/mol. The summed E-state index contributed by atoms with van der Waals surface area (Å²) in [5.41, 5.74) is 2.60. The fraction of sp³-hybridized carbons (Fsp3) is 0.308. The van der Waals surface area contributed by atoms with Gasteiger partial charge in [0.25, 0.3) is 0 Å². The summed E-state index contributed by atoms with van der Waals surface area (Å²) in [7, 11) is 0. The molecule has 0 bridgehead atoms. The van der Waals surface area contributed by atoms with Crippen molar-refractivity contribution in [1.29, 1.82) is 0 Å². The minimum Gasteiger partial charge on any atom is -0.445 e. The molecule has 0 aliphatic heterocycles. The van der Waals surface area contributed by atoms with Crippen LogP contribution in [0.3, 0.4) is 0 Å². The average molecular weight is 235 g/mol. The Morgan fingerprint density at radius 1 is 1.41 bits per heavy atom. The van der Waals surface area contributed by atoms with E-state index in [-0.39, 0.29) is 13.2 Å². The van der Waals surface area contributed by atoms with Crippen molar-refractivity contribution in [2.24, 2.45) is 0 Å². The van der Waals surface area contributed by atoms with Crippen molar-refractivity contribution in [2.75, 3.05) is 18.5 Å². The third kappa shape index (κ3) is 5.17. The summed E-state index contributed by atoms with van der Waals surface area (Å²) in [4.78, 5) is 11.3. The van der Waals surface area contributed by atoms with Crippen molar-refractivity contribution in [1.82, 2.24) is 0 Å². The number of aliphatic hydroxyl groups is 1. The van der Waals surface area contributed by atoms with Crippen LogP contribution in [0.25, 0.3) is 0 Å². The van der Waals surface area contributed by atoms with Crippen LogP contribution in [-0.4, -0.2) is 24.4 Å². The number of hydrogen-bond acceptors (Lipinski definition) is 3. The molecule has 2 N–H and O–H groups in total. The molecule has 0 radical (unpaired) electrons. The van der Waals surface area contributed by atoms with Crippen molar-refractivity contribution in [3.05, 3.63) is 41.5 Å². The van der Waals surface area contributed by atoms with E-state index in [4.69, 9.17) is 9.84 Å². The number of anilines is 1. The van der Waals surface area contributed by atoms with E-state index in [1.54, 1.807) is 13.0 Å². The number of rotatable bonds is 4. The number of aliphatic hydroxyl groups excluding tert-OH is 1. The largest absolute Gasteiger partial charge is 0.445 e. The second kappa shape index (κ2) is 6.70. The predicted octanol–water partition coefficient (Wildman–Crippen LogP) is 2.48. The summed E-state index contributed by atoms with van der Waals surface area (Å²) in [6, 6.07) is 7.44. The Kier molecular flexibility index (Phi) is 5.23. The molecule has 0 saturated carbocycles. The Morgan fingerprint density at radius 2 is 2.06 bits per heavy atom. The summed E-state index contributed by atoms with van der Waals surface area (Å²) in [5.74, 6) is 0. The number of nitrogens with one attached hydrogen (secondary N) is 1. The molecule has 17 heavy (non-hydrogen) atoms. The minimum atomic E-state index is -0.504. The average Bonchev–Trinajstić information content (AvgIpc) is 2.32. The topological polar surface area (TPSA) is 58.6 Å². The van der Waals surface area contributed by atoms with Gasteiger partial charge in [-0.3, -0.25) is 5.32 Å². The van der Waals surface area contributed by atoms with Crippen LogP contribution in [0.4, 0.5) is 10.5 Å². The van der Waals surface area contributed by atoms with E-state index in [1.165, 1.54) is 0 Å². The summed E-state index contributed by atoms with van der Waals surface area (Å²) < 4.78 is 4.91. The molecule has 0 unspecified atom stereocenters. The number of carbonyl (C=O) groups excluding carboxylic acids is 1. The molecule has 4 heteroatoms. The number of carbonyl (C=O) groups is 1. The van der Waals surface area contributed by atoms with E-state index in [0.29, 0.717) is 5.69 Å². The Morgan fingerprint density at radius 3 is 2.65 bits per heavy atom. The molecule has 0 heterocycles. The zero-order chi connectivity index (χ0) is 12.7. The van der Waals surface area contributed by atoms with Gasteiger partial charge in [0.15, 0.2) is 0 Å². The normalized spacial score (nSPS) is 11.1. The molecule has 0 fully saturated rings. The number of benzene rings is 1. The molecule has 1 amide bonds. The summed E-state index contributed by atoms with van der Waals surface area (Å²) in [5, 5.41) is 11.3. The van der Waals surface area contributed by atoms with Crippen molar-refractivity contribution >= 4 is 11.8 Å². The Labute approximate surface area is 101 Å². The highest BCUT2D eigenvalue weighted by atomic mass is 16.5. The van der Waals surface area contributed by atoms with Gasteiger partial charge in [-0.1, -0.05) is 17.7 Å². The van der Waals surface area contributed by atoms with E-state index in [2.05, 4.69) is 5.32 Å². The summed E-state index contributed by atoms with van der Waals surface area (Å²) in [6.07, 6.45) is 1.16. The van der Waals surface area contributed by atoms with Crippen LogP contribution < -0.4 is 5.32 Å². The number of hydrogen-bond donors (Lipinski definition) is 2. The molecule has 1 rings (SSSR count). The molecular formula is C13H17NO3. The van der Waals surface area contributed by atoms with E-state index in [1.807, 2.05) is 31.2 Å². The lowest BCUT2D eigenvalue weighted by atomic mass is 10.2. The first-order chi connectivity index (χ1) is 8.11. The maximum absolute atomic E-state index is 11.3. The fourth-order valence-corrected chi connectivity index (χ4v) is 1.11. The molecule has 0 aromatic heterocycles. The van der Waals surface area contributed by atoms with Crippen molar-refractivity contribution in [3.8, 4) is 0 Å². The molecule has 0 atom stereocenters. The molecule has 4 nitrogen and oxygen atoms in total. The maximum atomic E-state index is 11.3. The Hall–Kier alpha value is -1.81. The van der Waals surface area contributed by atoms with Crippen LogP contribution in [0.1, 0.15) is 12.5 Å². The van der Waals surface area contributed by atoms with E-state index < -0.39 is 6.09 Å². The van der Waals surface area contributed by atoms with Gasteiger partial charge >= 0.3 is 6.09 Å². The second-order valence-electron chi connectivity index (χ2n) is 3.80. The van der Waals surface area contributed by atoms with Gasteiger partial charge in [0.05, 0.1) is 6.61 Å². The zero-order valence-corrected chi connectivity index (χ0v) is 10.1. The van der Waals surface area contributed by atoms with Gasteiger partial charge < -0.3 is 9.84 Å². The first-order valence-corrected chi connectivity index (χ1v) is 5.38. The van der Waals surface area contributed by atoms with Crippen molar-refractivity contribution in [2.45, 2.75) is 13.8 Å². The van der Waals surface area contributed by atoms with Crippen LogP contribution in [0.15, 0.2) is 35.9 Å². The summed E-state index contributed by atoms with van der Waals surface area (Å²) in [6.45, 7) is 3.87. The highest BCUT2D eigenvalue weighted by molar-refractivity contribution is 5.84. The smallest absolute Gasteiger partial charge is 0.411 e. The van der Waals surface area contributed by atoms with Crippen LogP contribution in [0.5, 0.6) is 0 Å². The van der Waals surface area contributed by atoms with Gasteiger partial charge in [0.2, 0.25) is 0 Å². The van der Waals surface area contributed by atoms with Crippen molar-refractivity contribution in [3.63, 3.8) is 0 Å². The molecule has 0 spiro atoms. The predicted molar refractivity (Wildman–Crippen MR) is 67.0 cm³/mol. The minimum absolute atomic E-state index is 0.0249. The zero-order valence-electron chi connectivity index (χ0n) is 10.1. The Balaban J connectivity index is 2.37. The molecule has 0 aliphatic carbocycles. The highest BCUT2D eigenvalue weighted by Gasteiger charge is 2.01. The van der Waals surface area contributed by atoms with Gasteiger partial charge in [0.1, 0.15) is 6.61 Å². The van der Waals surface area contributed by atoms with Crippen LogP contribution in [0.2, 0.25) is 0 Å². The highest BCUT2D eigenvalue weighted by Crippen LogP contribution is 2.08. The van der Waals surface area contributed by atoms with Gasteiger partial charge in [-0.05, 0) is 37.6 Å². The molecule has 1 aromatic carbocycles. The van der Waals surface area contributed by atoms with Gasteiger partial charge in [-0.2, -0.15) is 0 Å². The molecule has 1 aromatic rings. The number of aryl methyl sites for hydroxylation is 1. The van der Waals surface area contributed by atoms with Gasteiger partial charge in [0, 0.05) is 5.69 Å². The van der Waals surface area contributed by atoms with Crippen LogP contribution in [0, 0.1) is 6.92 Å². The SMILES string of the molecule is C/C(=C\COC(=O)Nc1ccc(C)cc1)CO. The lowest BCUT2D eigenvalue weighted by molar-refractivity contribution is 0.173. The molecular weight excluding hydrogens is 218 g/mol. The molecule has 0 saturated heterocycles. The first-order valence-electron chi connectivity index (χ1n) is 5.38.